The lowest BCUT2D eigenvalue weighted by Gasteiger charge is -2.48. The lowest BCUT2D eigenvalue weighted by atomic mass is 9.79. The molecule has 2 amide bonds. The Morgan fingerprint density at radius 2 is 1.09 bits per heavy atom. The van der Waals surface area contributed by atoms with Gasteiger partial charge in [-0.1, -0.05) is 12.8 Å². The van der Waals surface area contributed by atoms with Crippen molar-refractivity contribution in [3.8, 4) is 131 Å². The van der Waals surface area contributed by atoms with Crippen molar-refractivity contribution in [2.24, 2.45) is 5.92 Å². The van der Waals surface area contributed by atoms with Crippen molar-refractivity contribution < 1.29 is 9.59 Å². The van der Waals surface area contributed by atoms with Gasteiger partial charge in [-0.25, -0.2) is 0 Å². The van der Waals surface area contributed by atoms with E-state index in [-0.39, 0.29) is 34.9 Å². The summed E-state index contributed by atoms with van der Waals surface area (Å²) >= 11 is 0. The quantitative estimate of drug-likeness (QED) is 0.418. The third kappa shape index (κ3) is 11.1. The molecule has 0 aromatic heterocycles. The fourth-order valence-electron chi connectivity index (χ4n) is 5.18. The zero-order valence-electron chi connectivity index (χ0n) is 25.8. The summed E-state index contributed by atoms with van der Waals surface area (Å²) in [5, 5.41) is 3.61. The molecule has 1 atom stereocenters. The molecule has 0 aromatic carbocycles. The van der Waals surface area contributed by atoms with Crippen LogP contribution in [0.5, 0.6) is 0 Å². The molecule has 212 valence electrons. The van der Waals surface area contributed by atoms with Crippen molar-refractivity contribution in [1.82, 2.24) is 10.2 Å². The Kier molecular flexibility index (Phi) is 13.3. The van der Waals surface area contributed by atoms with E-state index in [0.717, 1.165) is 0 Å². The van der Waals surface area contributed by atoms with Gasteiger partial charge in [0.05, 0.1) is 0 Å². The highest BCUT2D eigenvalue weighted by molar-refractivity contribution is 6.19. The number of hydrogen-bond donors (Lipinski definition) is 1. The van der Waals surface area contributed by atoms with Gasteiger partial charge in [0.15, 0.2) is 0 Å². The molecule has 1 saturated heterocycles. The zero-order valence-corrected chi connectivity index (χ0v) is 25.8. The SMILES string of the molecule is C#CC#CC#CC#CC#CC#CC#CC#CC#CC#CC#CCC(CC)C1=C(C)C(=O)N(C2CC(C)(C)NC(C)(C)C2)C1=O. The van der Waals surface area contributed by atoms with E-state index in [1.807, 2.05) is 6.92 Å². The molecule has 2 heterocycles. The molecule has 1 N–H and O–H groups in total. The second kappa shape index (κ2) is 17.1. The normalized spacial score (nSPS) is 15.5. The fraction of sp³-hybridized carbons (Fsp3) is 0.350. The van der Waals surface area contributed by atoms with Crippen LogP contribution in [0.2, 0.25) is 0 Å². The highest BCUT2D eigenvalue weighted by Crippen LogP contribution is 2.37. The van der Waals surface area contributed by atoms with E-state index in [1.165, 1.54) is 4.90 Å². The molecule has 4 nitrogen and oxygen atoms in total. The van der Waals surface area contributed by atoms with Crippen molar-refractivity contribution >= 4 is 11.8 Å². The molecule has 44 heavy (non-hydrogen) atoms. The van der Waals surface area contributed by atoms with Gasteiger partial charge in [-0.3, -0.25) is 14.5 Å². The van der Waals surface area contributed by atoms with Crippen LogP contribution in [0.3, 0.4) is 0 Å². The summed E-state index contributed by atoms with van der Waals surface area (Å²) in [6.07, 6.45) is 7.48. The molecule has 2 aliphatic heterocycles. The lowest BCUT2D eigenvalue weighted by Crippen LogP contribution is -2.63. The van der Waals surface area contributed by atoms with E-state index < -0.39 is 0 Å². The summed E-state index contributed by atoms with van der Waals surface area (Å²) < 4.78 is 0. The molecule has 2 aliphatic rings. The fourth-order valence-corrected chi connectivity index (χ4v) is 5.18. The average Bonchev–Trinajstić information content (AvgIpc) is 3.17. The summed E-state index contributed by atoms with van der Waals surface area (Å²) in [6, 6.07) is -0.151. The summed E-state index contributed by atoms with van der Waals surface area (Å²) in [5.41, 5.74) is 0.730. The van der Waals surface area contributed by atoms with Crippen LogP contribution >= 0.6 is 0 Å². The topological polar surface area (TPSA) is 49.4 Å². The highest BCUT2D eigenvalue weighted by Gasteiger charge is 2.47. The van der Waals surface area contributed by atoms with Crippen LogP contribution in [0.15, 0.2) is 11.1 Å². The van der Waals surface area contributed by atoms with Crippen LogP contribution in [0.25, 0.3) is 0 Å². The van der Waals surface area contributed by atoms with Gasteiger partial charge in [-0.2, -0.15) is 0 Å². The van der Waals surface area contributed by atoms with Crippen LogP contribution < -0.4 is 5.32 Å². The number of rotatable bonds is 4. The van der Waals surface area contributed by atoms with Crippen molar-refractivity contribution in [2.45, 2.75) is 84.3 Å². The highest BCUT2D eigenvalue weighted by atomic mass is 16.2. The van der Waals surface area contributed by atoms with Gasteiger partial charge in [0.2, 0.25) is 0 Å². The van der Waals surface area contributed by atoms with Crippen molar-refractivity contribution in [1.29, 1.82) is 0 Å². The molecule has 0 bridgehead atoms. The monoisotopic (exact) mass is 570 g/mol. The van der Waals surface area contributed by atoms with E-state index in [4.69, 9.17) is 6.42 Å². The van der Waals surface area contributed by atoms with Gasteiger partial charge in [-0.05, 0) is 149 Å². The first-order valence-electron chi connectivity index (χ1n) is 13.8. The molecule has 0 aromatic rings. The number of carbonyl (C=O) groups is 2. The predicted octanol–water partition coefficient (Wildman–Crippen LogP) is 3.06. The molecule has 4 heteroatoms. The van der Waals surface area contributed by atoms with E-state index in [1.54, 1.807) is 6.92 Å². The maximum Gasteiger partial charge on any atom is 0.257 e. The molecule has 0 aliphatic carbocycles. The first-order valence-corrected chi connectivity index (χ1v) is 13.8. The average molecular weight is 571 g/mol. The third-order valence-corrected chi connectivity index (χ3v) is 6.46. The van der Waals surface area contributed by atoms with Crippen molar-refractivity contribution in [3.05, 3.63) is 11.1 Å². The minimum atomic E-state index is -0.187. The first kappa shape index (κ1) is 34.2. The number of carbonyl (C=O) groups excluding carboxylic acids is 2. The van der Waals surface area contributed by atoms with Crippen molar-refractivity contribution in [3.63, 3.8) is 0 Å². The first-order chi connectivity index (χ1) is 21.0. The number of imide groups is 1. The Morgan fingerprint density at radius 3 is 1.48 bits per heavy atom. The molecule has 0 saturated carbocycles. The van der Waals surface area contributed by atoms with Gasteiger partial charge < -0.3 is 5.32 Å². The summed E-state index contributed by atoms with van der Waals surface area (Å²) in [7, 11) is 0. The minimum absolute atomic E-state index is 0.148. The van der Waals surface area contributed by atoms with Gasteiger partial charge in [0.25, 0.3) is 11.8 Å². The van der Waals surface area contributed by atoms with Gasteiger partial charge in [0.1, 0.15) is 0 Å². The standard InChI is InChI=1S/C40H30N2O2/c1-8-10-11-12-13-14-15-16-17-18-19-20-21-22-23-24-25-26-27-28-29-30-34(9-2)36-33(3)37(43)42(38(36)44)35-31-39(4,5)41-40(6,7)32-35/h1,34-35,41H,9,30-32H2,2-7H3. The van der Waals surface area contributed by atoms with Gasteiger partial charge in [-0.15, -0.1) is 6.42 Å². The molecular weight excluding hydrogens is 540 g/mol. The second-order valence-electron chi connectivity index (χ2n) is 11.0. The van der Waals surface area contributed by atoms with Crippen LogP contribution in [0, 0.1) is 137 Å². The summed E-state index contributed by atoms with van der Waals surface area (Å²) in [5.74, 6) is 52.7. The third-order valence-electron chi connectivity index (χ3n) is 6.46. The Bertz CT molecular complexity index is 1910. The van der Waals surface area contributed by atoms with Crippen LogP contribution in [-0.2, 0) is 9.59 Å². The Morgan fingerprint density at radius 1 is 0.705 bits per heavy atom. The van der Waals surface area contributed by atoms with E-state index >= 15 is 0 Å². The number of nitrogens with zero attached hydrogens (tertiary/aromatic N) is 1. The Labute approximate surface area is 263 Å². The predicted molar refractivity (Wildman–Crippen MR) is 174 cm³/mol. The largest absolute Gasteiger partial charge is 0.307 e. The maximum atomic E-state index is 13.5. The number of hydrogen-bond acceptors (Lipinski definition) is 3. The van der Waals surface area contributed by atoms with E-state index in [2.05, 4.69) is 157 Å². The number of terminal acetylenes is 1. The summed E-state index contributed by atoms with van der Waals surface area (Å²) in [4.78, 5) is 28.3. The smallest absolute Gasteiger partial charge is 0.257 e. The van der Waals surface area contributed by atoms with Crippen LogP contribution in [0.1, 0.15) is 67.2 Å². The second-order valence-corrected chi connectivity index (χ2v) is 11.0. The Balaban J connectivity index is 1.94. The van der Waals surface area contributed by atoms with E-state index in [9.17, 15) is 9.59 Å². The number of nitrogens with one attached hydrogen (secondary N) is 1. The van der Waals surface area contributed by atoms with Crippen LogP contribution in [0.4, 0.5) is 0 Å². The minimum Gasteiger partial charge on any atom is -0.307 e. The van der Waals surface area contributed by atoms with Crippen molar-refractivity contribution in [2.75, 3.05) is 0 Å². The van der Waals surface area contributed by atoms with Gasteiger partial charge in [0, 0.05) is 64.3 Å². The summed E-state index contributed by atoms with van der Waals surface area (Å²) in [6.45, 7) is 12.2. The lowest BCUT2D eigenvalue weighted by molar-refractivity contribution is -0.142. The molecule has 0 radical (unpaired) electrons. The number of amides is 2. The van der Waals surface area contributed by atoms with Gasteiger partial charge >= 0.3 is 0 Å². The number of piperidine rings is 1. The molecular formula is C40H30N2O2. The van der Waals surface area contributed by atoms with Crippen LogP contribution in [-0.4, -0.2) is 33.8 Å². The molecule has 0 spiro atoms. The Hall–Kier alpha value is -6.00. The molecule has 1 fully saturated rings. The zero-order chi connectivity index (χ0) is 32.4. The maximum absolute atomic E-state index is 13.5. The van der Waals surface area contributed by atoms with E-state index in [0.29, 0.717) is 36.8 Å². The molecule has 2 rings (SSSR count). The molecule has 1 unspecified atom stereocenters.